The second-order valence-electron chi connectivity index (χ2n) is 6.60. The molecule has 0 radical (unpaired) electrons. The number of rotatable bonds is 7. The normalized spacial score (nSPS) is 11.2. The number of benzene rings is 2. The number of fused-ring (bicyclic) bond motifs is 1. The topological polar surface area (TPSA) is 66.0 Å². The van der Waals surface area contributed by atoms with Crippen LogP contribution in [0.2, 0.25) is 0 Å². The first kappa shape index (κ1) is 17.6. The lowest BCUT2D eigenvalue weighted by Gasteiger charge is -2.07. The molecule has 0 unspecified atom stereocenters. The fourth-order valence-electron chi connectivity index (χ4n) is 3.25. The van der Waals surface area contributed by atoms with Crippen LogP contribution in [-0.4, -0.2) is 19.7 Å². The summed E-state index contributed by atoms with van der Waals surface area (Å²) in [5.41, 5.74) is 4.68. The van der Waals surface area contributed by atoms with Crippen molar-refractivity contribution in [3.05, 3.63) is 83.2 Å². The van der Waals surface area contributed by atoms with E-state index in [1.165, 1.54) is 10.9 Å². The summed E-state index contributed by atoms with van der Waals surface area (Å²) in [6, 6.07) is 18.1. The van der Waals surface area contributed by atoms with E-state index in [0.29, 0.717) is 30.5 Å². The van der Waals surface area contributed by atoms with E-state index in [-0.39, 0.29) is 0 Å². The lowest BCUT2D eigenvalue weighted by molar-refractivity contribution is 0.302. The summed E-state index contributed by atoms with van der Waals surface area (Å²) in [7, 11) is 0. The predicted molar refractivity (Wildman–Crippen MR) is 112 cm³/mol. The standard InChI is InChI=1S/C22H18N4O2S/c1-3-7-19-16(5-1)9-11-26(19)12-10-21-24-22(28-25-21)18-6-2-4-8-20(18)27-13-17-14-29-15-23-17/h1-9,11,14-15H,10,12-13H2. The van der Waals surface area contributed by atoms with Crippen LogP contribution in [0.25, 0.3) is 22.4 Å². The van der Waals surface area contributed by atoms with Gasteiger partial charge in [0.25, 0.3) is 5.89 Å². The van der Waals surface area contributed by atoms with E-state index < -0.39 is 0 Å². The molecule has 0 fully saturated rings. The van der Waals surface area contributed by atoms with E-state index >= 15 is 0 Å². The molecule has 0 aliphatic heterocycles. The molecule has 0 aliphatic carbocycles. The van der Waals surface area contributed by atoms with Gasteiger partial charge in [-0.3, -0.25) is 0 Å². The first-order valence-corrected chi connectivity index (χ1v) is 10.3. The molecule has 3 aromatic heterocycles. The van der Waals surface area contributed by atoms with Crippen LogP contribution in [0.3, 0.4) is 0 Å². The molecular formula is C22H18N4O2S. The monoisotopic (exact) mass is 402 g/mol. The third-order valence-electron chi connectivity index (χ3n) is 4.70. The van der Waals surface area contributed by atoms with Gasteiger partial charge < -0.3 is 13.8 Å². The zero-order valence-corrected chi connectivity index (χ0v) is 16.4. The Morgan fingerprint density at radius 1 is 1.03 bits per heavy atom. The van der Waals surface area contributed by atoms with Gasteiger partial charge in [-0.1, -0.05) is 35.5 Å². The largest absolute Gasteiger partial charge is 0.486 e. The second-order valence-corrected chi connectivity index (χ2v) is 7.32. The molecule has 29 heavy (non-hydrogen) atoms. The molecule has 5 aromatic rings. The highest BCUT2D eigenvalue weighted by atomic mass is 32.1. The molecule has 7 heteroatoms. The van der Waals surface area contributed by atoms with Crippen molar-refractivity contribution in [2.24, 2.45) is 0 Å². The third-order valence-corrected chi connectivity index (χ3v) is 5.34. The van der Waals surface area contributed by atoms with Gasteiger partial charge in [-0.2, -0.15) is 4.98 Å². The molecule has 2 aromatic carbocycles. The fraction of sp³-hybridized carbons (Fsp3) is 0.136. The molecule has 0 amide bonds. The van der Waals surface area contributed by atoms with Gasteiger partial charge in [0, 0.05) is 30.1 Å². The van der Waals surface area contributed by atoms with E-state index in [4.69, 9.17) is 9.26 Å². The average molecular weight is 402 g/mol. The van der Waals surface area contributed by atoms with Crippen LogP contribution in [0.15, 0.2) is 76.2 Å². The maximum absolute atomic E-state index is 5.92. The van der Waals surface area contributed by atoms with Crippen molar-refractivity contribution < 1.29 is 9.26 Å². The number of hydrogen-bond acceptors (Lipinski definition) is 6. The van der Waals surface area contributed by atoms with Gasteiger partial charge in [0.2, 0.25) is 0 Å². The molecule has 0 bridgehead atoms. The smallest absolute Gasteiger partial charge is 0.261 e. The Kier molecular flexibility index (Phi) is 4.80. The van der Waals surface area contributed by atoms with E-state index in [1.54, 1.807) is 16.8 Å². The molecule has 3 heterocycles. The summed E-state index contributed by atoms with van der Waals surface area (Å²) in [5.74, 6) is 1.84. The predicted octanol–water partition coefficient (Wildman–Crippen LogP) is 4.97. The lowest BCUT2D eigenvalue weighted by atomic mass is 10.2. The van der Waals surface area contributed by atoms with E-state index in [9.17, 15) is 0 Å². The molecule has 6 nitrogen and oxygen atoms in total. The molecular weight excluding hydrogens is 384 g/mol. The quantitative estimate of drug-likeness (QED) is 0.385. The molecule has 5 rings (SSSR count). The highest BCUT2D eigenvalue weighted by molar-refractivity contribution is 7.07. The van der Waals surface area contributed by atoms with Crippen LogP contribution in [0.4, 0.5) is 0 Å². The minimum atomic E-state index is 0.405. The summed E-state index contributed by atoms with van der Waals surface area (Å²) in [4.78, 5) is 8.83. The molecule has 0 saturated carbocycles. The van der Waals surface area contributed by atoms with Crippen LogP contribution >= 0.6 is 11.3 Å². The Bertz CT molecular complexity index is 1230. The fourth-order valence-corrected chi connectivity index (χ4v) is 3.79. The van der Waals surface area contributed by atoms with Crippen LogP contribution in [0.5, 0.6) is 5.75 Å². The van der Waals surface area contributed by atoms with E-state index in [1.807, 2.05) is 41.8 Å². The Morgan fingerprint density at radius 3 is 2.86 bits per heavy atom. The third kappa shape index (κ3) is 3.77. The zero-order chi connectivity index (χ0) is 19.5. The number of aromatic nitrogens is 4. The maximum Gasteiger partial charge on any atom is 0.261 e. The molecule has 0 spiro atoms. The minimum absolute atomic E-state index is 0.405. The Morgan fingerprint density at radius 2 is 1.93 bits per heavy atom. The van der Waals surface area contributed by atoms with Crippen LogP contribution < -0.4 is 4.74 Å². The van der Waals surface area contributed by atoms with Crippen molar-refractivity contribution in [3.8, 4) is 17.2 Å². The van der Waals surface area contributed by atoms with Crippen molar-refractivity contribution in [3.63, 3.8) is 0 Å². The van der Waals surface area contributed by atoms with Crippen molar-refractivity contribution in [1.29, 1.82) is 0 Å². The van der Waals surface area contributed by atoms with E-state index in [0.717, 1.165) is 17.8 Å². The van der Waals surface area contributed by atoms with Crippen molar-refractivity contribution >= 4 is 22.2 Å². The molecule has 0 aliphatic rings. The van der Waals surface area contributed by atoms with Gasteiger partial charge in [-0.05, 0) is 29.7 Å². The van der Waals surface area contributed by atoms with Gasteiger partial charge in [0.1, 0.15) is 12.4 Å². The van der Waals surface area contributed by atoms with Crippen molar-refractivity contribution in [2.75, 3.05) is 0 Å². The molecule has 0 N–H and O–H groups in total. The van der Waals surface area contributed by atoms with Gasteiger partial charge in [-0.25, -0.2) is 4.98 Å². The van der Waals surface area contributed by atoms with Crippen LogP contribution in [0.1, 0.15) is 11.5 Å². The average Bonchev–Trinajstić information content (AvgIpc) is 3.52. The SMILES string of the molecule is c1ccc(-c2nc(CCn3ccc4ccccc43)no2)c(OCc2cscn2)c1. The van der Waals surface area contributed by atoms with Crippen molar-refractivity contribution in [2.45, 2.75) is 19.6 Å². The first-order valence-electron chi connectivity index (χ1n) is 9.32. The first-order chi connectivity index (χ1) is 14.4. The Hall–Kier alpha value is -3.45. The second kappa shape index (κ2) is 7.89. The van der Waals surface area contributed by atoms with Crippen LogP contribution in [-0.2, 0) is 19.6 Å². The van der Waals surface area contributed by atoms with Crippen LogP contribution in [0, 0.1) is 0 Å². The summed E-state index contributed by atoms with van der Waals surface area (Å²) >= 11 is 1.55. The number of thiazole rings is 1. The van der Waals surface area contributed by atoms with Gasteiger partial charge in [-0.15, -0.1) is 11.3 Å². The summed E-state index contributed by atoms with van der Waals surface area (Å²) in [6.07, 6.45) is 2.78. The number of nitrogens with zero attached hydrogens (tertiary/aromatic N) is 4. The van der Waals surface area contributed by atoms with E-state index in [2.05, 4.69) is 44.1 Å². The minimum Gasteiger partial charge on any atom is -0.486 e. The van der Waals surface area contributed by atoms with Crippen molar-refractivity contribution in [1.82, 2.24) is 19.7 Å². The number of para-hydroxylation sites is 2. The molecule has 0 atom stereocenters. The molecule has 0 saturated heterocycles. The molecule has 144 valence electrons. The maximum atomic E-state index is 5.92. The van der Waals surface area contributed by atoms with Gasteiger partial charge >= 0.3 is 0 Å². The number of aryl methyl sites for hydroxylation is 2. The number of ether oxygens (including phenoxy) is 1. The van der Waals surface area contributed by atoms with Gasteiger partial charge in [0.15, 0.2) is 5.82 Å². The lowest BCUT2D eigenvalue weighted by Crippen LogP contribution is -2.01. The summed E-state index contributed by atoms with van der Waals surface area (Å²) in [5, 5.41) is 7.36. The Balaban J connectivity index is 1.31. The zero-order valence-electron chi connectivity index (χ0n) is 15.6. The summed E-state index contributed by atoms with van der Waals surface area (Å²) < 4.78 is 13.7. The Labute approximate surface area is 171 Å². The summed E-state index contributed by atoms with van der Waals surface area (Å²) in [6.45, 7) is 1.19. The highest BCUT2D eigenvalue weighted by Crippen LogP contribution is 2.29. The number of hydrogen-bond donors (Lipinski definition) is 0. The highest BCUT2D eigenvalue weighted by Gasteiger charge is 2.14. The van der Waals surface area contributed by atoms with Gasteiger partial charge in [0.05, 0.1) is 16.8 Å².